The smallest absolute Gasteiger partial charge is 0.321 e. The number of hydrogen-bond acceptors (Lipinski definition) is 1. The highest BCUT2D eigenvalue weighted by atomic mass is 16.2. The largest absolute Gasteiger partial charge is 0.328 e. The standard InChI is InChI=1S/C19H24N2O/c1-15-11-12-18(16(2)14-15)20-19(22)21(3)13-7-10-17-8-5-4-6-9-17/h4-6,8-9,11-12,14H,7,10,13H2,1-3H3,(H,20,22). The first-order valence-corrected chi connectivity index (χ1v) is 7.69. The van der Waals surface area contributed by atoms with Gasteiger partial charge in [-0.15, -0.1) is 0 Å². The Labute approximate surface area is 133 Å². The second kappa shape index (κ2) is 7.64. The molecule has 0 spiro atoms. The topological polar surface area (TPSA) is 32.3 Å². The first-order valence-electron chi connectivity index (χ1n) is 7.69. The van der Waals surface area contributed by atoms with Crippen molar-refractivity contribution in [3.05, 3.63) is 65.2 Å². The summed E-state index contributed by atoms with van der Waals surface area (Å²) in [7, 11) is 1.84. The lowest BCUT2D eigenvalue weighted by Crippen LogP contribution is -2.32. The number of aryl methyl sites for hydroxylation is 3. The molecule has 22 heavy (non-hydrogen) atoms. The molecule has 0 aliphatic heterocycles. The van der Waals surface area contributed by atoms with Crippen LogP contribution in [-0.4, -0.2) is 24.5 Å². The van der Waals surface area contributed by atoms with Crippen LogP contribution < -0.4 is 5.32 Å². The molecule has 2 amide bonds. The summed E-state index contributed by atoms with van der Waals surface area (Å²) >= 11 is 0. The first-order chi connectivity index (χ1) is 10.6. The fraction of sp³-hybridized carbons (Fsp3) is 0.316. The normalized spacial score (nSPS) is 10.3. The van der Waals surface area contributed by atoms with Crippen molar-refractivity contribution in [1.29, 1.82) is 0 Å². The molecule has 0 saturated heterocycles. The molecule has 0 aromatic heterocycles. The number of carbonyl (C=O) groups excluding carboxylic acids is 1. The van der Waals surface area contributed by atoms with Crippen molar-refractivity contribution in [2.45, 2.75) is 26.7 Å². The monoisotopic (exact) mass is 296 g/mol. The van der Waals surface area contributed by atoms with Crippen molar-refractivity contribution in [3.63, 3.8) is 0 Å². The maximum Gasteiger partial charge on any atom is 0.321 e. The summed E-state index contributed by atoms with van der Waals surface area (Å²) in [4.78, 5) is 13.9. The van der Waals surface area contributed by atoms with Gasteiger partial charge in [-0.2, -0.15) is 0 Å². The summed E-state index contributed by atoms with van der Waals surface area (Å²) in [5.41, 5.74) is 4.48. The average molecular weight is 296 g/mol. The number of carbonyl (C=O) groups is 1. The van der Waals surface area contributed by atoms with Crippen molar-refractivity contribution >= 4 is 11.7 Å². The molecule has 0 atom stereocenters. The second-order valence-electron chi connectivity index (χ2n) is 5.76. The van der Waals surface area contributed by atoms with E-state index < -0.39 is 0 Å². The van der Waals surface area contributed by atoms with Crippen molar-refractivity contribution in [3.8, 4) is 0 Å². The highest BCUT2D eigenvalue weighted by molar-refractivity contribution is 5.90. The molecule has 116 valence electrons. The third-order valence-electron chi connectivity index (χ3n) is 3.77. The zero-order valence-electron chi connectivity index (χ0n) is 13.6. The molecule has 2 aromatic rings. The predicted octanol–water partition coefficient (Wildman–Crippen LogP) is 4.40. The van der Waals surface area contributed by atoms with E-state index in [1.54, 1.807) is 4.90 Å². The van der Waals surface area contributed by atoms with E-state index in [2.05, 4.69) is 23.5 Å². The molecular weight excluding hydrogens is 272 g/mol. The molecule has 0 aliphatic carbocycles. The Morgan fingerprint density at radius 2 is 1.82 bits per heavy atom. The zero-order valence-corrected chi connectivity index (χ0v) is 13.6. The van der Waals surface area contributed by atoms with E-state index in [9.17, 15) is 4.79 Å². The molecule has 2 rings (SSSR count). The summed E-state index contributed by atoms with van der Waals surface area (Å²) in [6.45, 7) is 4.80. The van der Waals surface area contributed by atoms with E-state index >= 15 is 0 Å². The van der Waals surface area contributed by atoms with Crippen LogP contribution >= 0.6 is 0 Å². The van der Waals surface area contributed by atoms with Gasteiger partial charge in [-0.1, -0.05) is 48.0 Å². The lowest BCUT2D eigenvalue weighted by molar-refractivity contribution is 0.222. The van der Waals surface area contributed by atoms with Crippen LogP contribution in [0.1, 0.15) is 23.1 Å². The van der Waals surface area contributed by atoms with Gasteiger partial charge in [-0.3, -0.25) is 0 Å². The van der Waals surface area contributed by atoms with Crippen LogP contribution in [0.4, 0.5) is 10.5 Å². The highest BCUT2D eigenvalue weighted by Crippen LogP contribution is 2.16. The molecule has 0 radical (unpaired) electrons. The van der Waals surface area contributed by atoms with Gasteiger partial charge in [0.05, 0.1) is 0 Å². The highest BCUT2D eigenvalue weighted by Gasteiger charge is 2.09. The number of amides is 2. The van der Waals surface area contributed by atoms with Gasteiger partial charge in [0.25, 0.3) is 0 Å². The zero-order chi connectivity index (χ0) is 15.9. The Morgan fingerprint density at radius 1 is 1.09 bits per heavy atom. The van der Waals surface area contributed by atoms with Crippen LogP contribution in [0, 0.1) is 13.8 Å². The van der Waals surface area contributed by atoms with Gasteiger partial charge in [0.15, 0.2) is 0 Å². The minimum Gasteiger partial charge on any atom is -0.328 e. The number of nitrogens with one attached hydrogen (secondary N) is 1. The summed E-state index contributed by atoms with van der Waals surface area (Å²) in [6.07, 6.45) is 1.95. The van der Waals surface area contributed by atoms with E-state index in [1.165, 1.54) is 11.1 Å². The van der Waals surface area contributed by atoms with E-state index in [-0.39, 0.29) is 6.03 Å². The molecule has 0 saturated carbocycles. The lowest BCUT2D eigenvalue weighted by atomic mass is 10.1. The summed E-state index contributed by atoms with van der Waals surface area (Å²) in [5.74, 6) is 0. The van der Waals surface area contributed by atoms with Crippen LogP contribution in [0.5, 0.6) is 0 Å². The van der Waals surface area contributed by atoms with Gasteiger partial charge >= 0.3 is 6.03 Å². The maximum absolute atomic E-state index is 12.2. The third kappa shape index (κ3) is 4.62. The van der Waals surface area contributed by atoms with Crippen molar-refractivity contribution in [2.75, 3.05) is 18.9 Å². The summed E-state index contributed by atoms with van der Waals surface area (Å²) < 4.78 is 0. The van der Waals surface area contributed by atoms with Crippen molar-refractivity contribution < 1.29 is 4.79 Å². The Hall–Kier alpha value is -2.29. The Morgan fingerprint density at radius 3 is 2.50 bits per heavy atom. The number of nitrogens with zero attached hydrogens (tertiary/aromatic N) is 1. The van der Waals surface area contributed by atoms with Gasteiger partial charge in [0.1, 0.15) is 0 Å². The van der Waals surface area contributed by atoms with Crippen LogP contribution in [0.2, 0.25) is 0 Å². The van der Waals surface area contributed by atoms with Gasteiger partial charge in [0, 0.05) is 19.3 Å². The summed E-state index contributed by atoms with van der Waals surface area (Å²) in [6, 6.07) is 16.3. The molecule has 0 bridgehead atoms. The number of benzene rings is 2. The molecular formula is C19H24N2O. The van der Waals surface area contributed by atoms with Crippen LogP contribution in [0.25, 0.3) is 0 Å². The first kappa shape index (κ1) is 16.1. The minimum absolute atomic E-state index is 0.0555. The molecule has 3 heteroatoms. The van der Waals surface area contributed by atoms with Gasteiger partial charge in [-0.25, -0.2) is 4.79 Å². The molecule has 3 nitrogen and oxygen atoms in total. The van der Waals surface area contributed by atoms with Crippen LogP contribution in [0.15, 0.2) is 48.5 Å². The molecule has 1 N–H and O–H groups in total. The molecule has 0 fully saturated rings. The average Bonchev–Trinajstić information content (AvgIpc) is 2.51. The lowest BCUT2D eigenvalue weighted by Gasteiger charge is -2.19. The molecule has 0 heterocycles. The van der Waals surface area contributed by atoms with Gasteiger partial charge < -0.3 is 10.2 Å². The predicted molar refractivity (Wildman–Crippen MR) is 92.3 cm³/mol. The fourth-order valence-electron chi connectivity index (χ4n) is 2.43. The minimum atomic E-state index is -0.0555. The Bertz CT molecular complexity index is 623. The van der Waals surface area contributed by atoms with Gasteiger partial charge in [-0.05, 0) is 43.9 Å². The fourth-order valence-corrected chi connectivity index (χ4v) is 2.43. The van der Waals surface area contributed by atoms with Crippen LogP contribution in [-0.2, 0) is 6.42 Å². The Balaban J connectivity index is 1.82. The van der Waals surface area contributed by atoms with E-state index in [1.807, 2.05) is 51.2 Å². The third-order valence-corrected chi connectivity index (χ3v) is 3.77. The Kier molecular flexibility index (Phi) is 5.59. The van der Waals surface area contributed by atoms with E-state index in [4.69, 9.17) is 0 Å². The molecule has 0 aliphatic rings. The van der Waals surface area contributed by atoms with E-state index in [0.29, 0.717) is 0 Å². The summed E-state index contributed by atoms with van der Waals surface area (Å²) in [5, 5.41) is 2.97. The SMILES string of the molecule is Cc1ccc(NC(=O)N(C)CCCc2ccccc2)c(C)c1. The molecule has 2 aromatic carbocycles. The van der Waals surface area contributed by atoms with Crippen molar-refractivity contribution in [1.82, 2.24) is 4.90 Å². The quantitative estimate of drug-likeness (QED) is 0.871. The number of rotatable bonds is 5. The maximum atomic E-state index is 12.2. The van der Waals surface area contributed by atoms with E-state index in [0.717, 1.165) is 30.6 Å². The number of urea groups is 1. The number of hydrogen-bond donors (Lipinski definition) is 1. The molecule has 0 unspecified atom stereocenters. The number of anilines is 1. The van der Waals surface area contributed by atoms with Crippen LogP contribution in [0.3, 0.4) is 0 Å². The second-order valence-corrected chi connectivity index (χ2v) is 5.76. The van der Waals surface area contributed by atoms with Gasteiger partial charge in [0.2, 0.25) is 0 Å². The van der Waals surface area contributed by atoms with Crippen molar-refractivity contribution in [2.24, 2.45) is 0 Å².